The molecule has 0 radical (unpaired) electrons. The Morgan fingerprint density at radius 3 is 2.62 bits per heavy atom. The number of carbonyl (C=O) groups is 1. The summed E-state index contributed by atoms with van der Waals surface area (Å²) in [6, 6.07) is -1.09. The van der Waals surface area contributed by atoms with E-state index in [4.69, 9.17) is 10.8 Å². The first kappa shape index (κ1) is 7.35. The van der Waals surface area contributed by atoms with Crippen molar-refractivity contribution in [2.24, 2.45) is 5.73 Å². The lowest BCUT2D eigenvalue weighted by molar-refractivity contribution is -0.122. The van der Waals surface area contributed by atoms with E-state index in [2.05, 4.69) is 0 Å². The van der Waals surface area contributed by atoms with Crippen molar-refractivity contribution in [3.8, 4) is 0 Å². The molecule has 0 aliphatic carbocycles. The van der Waals surface area contributed by atoms with E-state index in [1.54, 1.807) is 0 Å². The SMILES string of the molecule is NC(CO)C(=O)N[O-]. The minimum absolute atomic E-state index is 0.506. The van der Waals surface area contributed by atoms with Gasteiger partial charge in [-0.1, -0.05) is 0 Å². The van der Waals surface area contributed by atoms with Gasteiger partial charge in [0.05, 0.1) is 6.61 Å². The van der Waals surface area contributed by atoms with Gasteiger partial charge in [0, 0.05) is 0 Å². The highest BCUT2D eigenvalue weighted by Crippen LogP contribution is 1.72. The fraction of sp³-hybridized carbons (Fsp3) is 0.667. The van der Waals surface area contributed by atoms with E-state index in [1.807, 2.05) is 0 Å². The Hall–Kier alpha value is -0.650. The lowest BCUT2D eigenvalue weighted by Gasteiger charge is -2.10. The molecule has 0 spiro atoms. The number of hydrogen-bond donors (Lipinski definition) is 3. The van der Waals surface area contributed by atoms with Crippen molar-refractivity contribution >= 4 is 5.91 Å². The maximum Gasteiger partial charge on any atom is 0.228 e. The molecule has 0 aliphatic rings. The molecule has 5 heteroatoms. The van der Waals surface area contributed by atoms with Gasteiger partial charge in [-0.3, -0.25) is 4.79 Å². The van der Waals surface area contributed by atoms with Crippen LogP contribution in [0.15, 0.2) is 0 Å². The molecule has 0 aromatic carbocycles. The molecule has 1 atom stereocenters. The molecule has 1 amide bonds. The molecular formula is C3H7N2O3-. The van der Waals surface area contributed by atoms with Crippen LogP contribution in [0.2, 0.25) is 0 Å². The van der Waals surface area contributed by atoms with Crippen molar-refractivity contribution < 1.29 is 9.90 Å². The van der Waals surface area contributed by atoms with Gasteiger partial charge in [0.1, 0.15) is 6.04 Å². The summed E-state index contributed by atoms with van der Waals surface area (Å²) in [5, 5.41) is 17.6. The molecule has 1 unspecified atom stereocenters. The number of rotatable bonds is 2. The van der Waals surface area contributed by atoms with Crippen molar-refractivity contribution in [1.29, 1.82) is 0 Å². The minimum atomic E-state index is -1.09. The molecule has 0 aromatic rings. The average molecular weight is 119 g/mol. The summed E-state index contributed by atoms with van der Waals surface area (Å²) in [5.41, 5.74) is 5.91. The van der Waals surface area contributed by atoms with E-state index >= 15 is 0 Å². The number of hydrogen-bond acceptors (Lipinski definition) is 4. The number of hydroxylamine groups is 1. The van der Waals surface area contributed by atoms with E-state index in [0.717, 1.165) is 5.48 Å². The fourth-order valence-electron chi connectivity index (χ4n) is 0.159. The first-order chi connectivity index (χ1) is 3.72. The van der Waals surface area contributed by atoms with Crippen LogP contribution in [-0.2, 0) is 4.79 Å². The van der Waals surface area contributed by atoms with Crippen LogP contribution >= 0.6 is 0 Å². The van der Waals surface area contributed by atoms with Gasteiger partial charge in [-0.25, -0.2) is 0 Å². The van der Waals surface area contributed by atoms with Crippen LogP contribution in [0.4, 0.5) is 0 Å². The molecule has 0 saturated carbocycles. The molecule has 4 N–H and O–H groups in total. The minimum Gasteiger partial charge on any atom is -0.759 e. The summed E-state index contributed by atoms with van der Waals surface area (Å²) < 4.78 is 0. The third-order valence-corrected chi connectivity index (χ3v) is 0.634. The third kappa shape index (κ3) is 1.87. The Morgan fingerprint density at radius 2 is 2.50 bits per heavy atom. The Labute approximate surface area is 46.1 Å². The Balaban J connectivity index is 3.46. The van der Waals surface area contributed by atoms with Crippen LogP contribution in [0.1, 0.15) is 0 Å². The number of nitrogens with two attached hydrogens (primary N) is 1. The second kappa shape index (κ2) is 3.36. The molecule has 5 nitrogen and oxygen atoms in total. The van der Waals surface area contributed by atoms with Crippen LogP contribution in [0.25, 0.3) is 0 Å². The van der Waals surface area contributed by atoms with E-state index < -0.39 is 18.6 Å². The van der Waals surface area contributed by atoms with Gasteiger partial charge in [0.2, 0.25) is 5.91 Å². The Bertz CT molecular complexity index is 84.6. The molecule has 0 heterocycles. The Morgan fingerprint density at radius 1 is 2.00 bits per heavy atom. The van der Waals surface area contributed by atoms with E-state index in [0.29, 0.717) is 0 Å². The van der Waals surface area contributed by atoms with Gasteiger partial charge < -0.3 is 21.5 Å². The van der Waals surface area contributed by atoms with Gasteiger partial charge in [-0.05, 0) is 0 Å². The second-order valence-corrected chi connectivity index (χ2v) is 1.26. The van der Waals surface area contributed by atoms with Gasteiger partial charge in [0.15, 0.2) is 0 Å². The van der Waals surface area contributed by atoms with Crippen molar-refractivity contribution in [2.45, 2.75) is 6.04 Å². The van der Waals surface area contributed by atoms with Crippen LogP contribution in [0.3, 0.4) is 0 Å². The van der Waals surface area contributed by atoms with Gasteiger partial charge in [-0.15, -0.1) is 0 Å². The molecule has 48 valence electrons. The van der Waals surface area contributed by atoms with Gasteiger partial charge in [-0.2, -0.15) is 0 Å². The maximum atomic E-state index is 10.0. The van der Waals surface area contributed by atoms with Crippen molar-refractivity contribution in [3.63, 3.8) is 0 Å². The maximum absolute atomic E-state index is 10.0. The van der Waals surface area contributed by atoms with Crippen LogP contribution in [0, 0.1) is 5.21 Å². The highest BCUT2D eigenvalue weighted by molar-refractivity contribution is 5.81. The number of aliphatic hydroxyl groups excluding tert-OH is 1. The molecule has 0 aromatic heterocycles. The smallest absolute Gasteiger partial charge is 0.228 e. The first-order valence-electron chi connectivity index (χ1n) is 2.00. The zero-order valence-corrected chi connectivity index (χ0v) is 4.13. The largest absolute Gasteiger partial charge is 0.759 e. The molecule has 0 aliphatic heterocycles. The number of nitrogens with one attached hydrogen (secondary N) is 1. The van der Waals surface area contributed by atoms with Crippen LogP contribution < -0.4 is 11.2 Å². The van der Waals surface area contributed by atoms with E-state index in [-0.39, 0.29) is 0 Å². The second-order valence-electron chi connectivity index (χ2n) is 1.26. The number of carbonyl (C=O) groups excluding carboxylic acids is 1. The molecule has 0 rings (SSSR count). The van der Waals surface area contributed by atoms with Crippen molar-refractivity contribution in [3.05, 3.63) is 5.21 Å². The highest BCUT2D eigenvalue weighted by Gasteiger charge is 2.05. The van der Waals surface area contributed by atoms with Crippen LogP contribution in [-0.4, -0.2) is 23.7 Å². The Kier molecular flexibility index (Phi) is 3.09. The normalized spacial score (nSPS) is 12.9. The molecule has 0 saturated heterocycles. The van der Waals surface area contributed by atoms with Crippen molar-refractivity contribution in [1.82, 2.24) is 5.48 Å². The van der Waals surface area contributed by atoms with Gasteiger partial charge >= 0.3 is 0 Å². The molecule has 8 heavy (non-hydrogen) atoms. The quantitative estimate of drug-likeness (QED) is 0.363. The van der Waals surface area contributed by atoms with Gasteiger partial charge in [0.25, 0.3) is 0 Å². The number of aliphatic hydroxyl groups is 1. The predicted octanol–water partition coefficient (Wildman–Crippen LogP) is -2.08. The molecular weight excluding hydrogens is 112 g/mol. The molecule has 0 fully saturated rings. The summed E-state index contributed by atoms with van der Waals surface area (Å²) in [6.07, 6.45) is 0. The van der Waals surface area contributed by atoms with E-state index in [9.17, 15) is 10.0 Å². The monoisotopic (exact) mass is 119 g/mol. The summed E-state index contributed by atoms with van der Waals surface area (Å²) in [5.74, 6) is -0.896. The standard InChI is InChI=1S/C3H7N2O3/c4-2(1-6)3(7)5-8/h2,6H,1,4H2,(H-,5,7,8)/q-1. The topological polar surface area (TPSA) is 98.4 Å². The molecule has 0 bridgehead atoms. The highest BCUT2D eigenvalue weighted by atomic mass is 16.5. The summed E-state index contributed by atoms with van der Waals surface area (Å²) >= 11 is 0. The summed E-state index contributed by atoms with van der Waals surface area (Å²) in [7, 11) is 0. The lowest BCUT2D eigenvalue weighted by Crippen LogP contribution is -2.40. The first-order valence-corrected chi connectivity index (χ1v) is 2.00. The van der Waals surface area contributed by atoms with E-state index in [1.165, 1.54) is 0 Å². The van der Waals surface area contributed by atoms with Crippen molar-refractivity contribution in [2.75, 3.05) is 6.61 Å². The number of amides is 1. The zero-order valence-electron chi connectivity index (χ0n) is 4.13. The zero-order chi connectivity index (χ0) is 6.57. The summed E-state index contributed by atoms with van der Waals surface area (Å²) in [4.78, 5) is 10.0. The summed E-state index contributed by atoms with van der Waals surface area (Å²) in [6.45, 7) is -0.506. The third-order valence-electron chi connectivity index (χ3n) is 0.634. The lowest BCUT2D eigenvalue weighted by atomic mass is 10.3. The fourth-order valence-corrected chi connectivity index (χ4v) is 0.159. The van der Waals surface area contributed by atoms with Crippen LogP contribution in [0.5, 0.6) is 0 Å². The predicted molar refractivity (Wildman–Crippen MR) is 26.6 cm³/mol. The average Bonchev–Trinajstić information content (AvgIpc) is 1.84.